The van der Waals surface area contributed by atoms with Gasteiger partial charge in [0.1, 0.15) is 5.82 Å². The van der Waals surface area contributed by atoms with Crippen LogP contribution in [0.4, 0.5) is 0 Å². The van der Waals surface area contributed by atoms with Gasteiger partial charge in [-0.3, -0.25) is 4.68 Å². The molecule has 0 aliphatic heterocycles. The van der Waals surface area contributed by atoms with Gasteiger partial charge >= 0.3 is 0 Å². The smallest absolute Gasteiger partial charge is 0.107 e. The number of aromatic amines is 1. The highest BCUT2D eigenvalue weighted by molar-refractivity contribution is 5.05. The summed E-state index contributed by atoms with van der Waals surface area (Å²) in [6.45, 7) is 3.04. The second-order valence-corrected chi connectivity index (χ2v) is 3.84. The topological polar surface area (TPSA) is 58.5 Å². The number of nitrogens with zero attached hydrogens (tertiary/aromatic N) is 3. The first-order chi connectivity index (χ1) is 7.77. The zero-order valence-corrected chi connectivity index (χ0v) is 9.64. The molecule has 0 aliphatic rings. The maximum Gasteiger partial charge on any atom is 0.107 e. The summed E-state index contributed by atoms with van der Waals surface area (Å²) in [6.07, 6.45) is 6.36. The van der Waals surface area contributed by atoms with Gasteiger partial charge in [0.05, 0.1) is 5.69 Å². The van der Waals surface area contributed by atoms with Crippen molar-refractivity contribution in [1.82, 2.24) is 25.1 Å². The van der Waals surface area contributed by atoms with Gasteiger partial charge in [0, 0.05) is 44.6 Å². The van der Waals surface area contributed by atoms with E-state index in [4.69, 9.17) is 0 Å². The van der Waals surface area contributed by atoms with Crippen LogP contribution in [0, 0.1) is 0 Å². The molecule has 0 amide bonds. The molecule has 0 saturated heterocycles. The van der Waals surface area contributed by atoms with Crippen LogP contribution in [0.3, 0.4) is 0 Å². The van der Waals surface area contributed by atoms with E-state index >= 15 is 0 Å². The van der Waals surface area contributed by atoms with Gasteiger partial charge < -0.3 is 10.3 Å². The van der Waals surface area contributed by atoms with Crippen molar-refractivity contribution < 1.29 is 0 Å². The van der Waals surface area contributed by atoms with E-state index in [1.165, 1.54) is 5.69 Å². The van der Waals surface area contributed by atoms with Crippen molar-refractivity contribution in [3.05, 3.63) is 36.2 Å². The molecule has 0 fully saturated rings. The van der Waals surface area contributed by atoms with Gasteiger partial charge in [-0.1, -0.05) is 0 Å². The van der Waals surface area contributed by atoms with Crippen LogP contribution in [0.15, 0.2) is 24.7 Å². The van der Waals surface area contributed by atoms with Gasteiger partial charge in [-0.25, -0.2) is 4.98 Å². The molecule has 5 heteroatoms. The number of imidazole rings is 1. The first-order valence-electron chi connectivity index (χ1n) is 5.47. The Morgan fingerprint density at radius 3 is 3.00 bits per heavy atom. The predicted octanol–water partition coefficient (Wildman–Crippen LogP) is 1.04. The molecule has 1 unspecified atom stereocenters. The SMILES string of the molecule is CC(NCCc1ncc[nH]1)c1ccnn1C. The number of aromatic nitrogens is 4. The molecule has 2 N–H and O–H groups in total. The quantitative estimate of drug-likeness (QED) is 0.790. The zero-order chi connectivity index (χ0) is 11.4. The van der Waals surface area contributed by atoms with Crippen LogP contribution in [-0.2, 0) is 13.5 Å². The van der Waals surface area contributed by atoms with Crippen LogP contribution in [0.25, 0.3) is 0 Å². The summed E-state index contributed by atoms with van der Waals surface area (Å²) < 4.78 is 1.89. The monoisotopic (exact) mass is 219 g/mol. The minimum absolute atomic E-state index is 0.308. The lowest BCUT2D eigenvalue weighted by Crippen LogP contribution is -2.23. The van der Waals surface area contributed by atoms with Gasteiger partial charge in [-0.05, 0) is 13.0 Å². The largest absolute Gasteiger partial charge is 0.349 e. The van der Waals surface area contributed by atoms with Gasteiger partial charge in [-0.15, -0.1) is 0 Å². The second kappa shape index (κ2) is 4.94. The highest BCUT2D eigenvalue weighted by Gasteiger charge is 2.08. The first-order valence-corrected chi connectivity index (χ1v) is 5.47. The Labute approximate surface area is 94.9 Å². The van der Waals surface area contributed by atoms with E-state index in [0.717, 1.165) is 18.8 Å². The number of hydrogen-bond acceptors (Lipinski definition) is 3. The van der Waals surface area contributed by atoms with E-state index in [1.807, 2.05) is 30.2 Å². The summed E-state index contributed by atoms with van der Waals surface area (Å²) in [4.78, 5) is 7.27. The average Bonchev–Trinajstić information content (AvgIpc) is 2.88. The van der Waals surface area contributed by atoms with E-state index in [2.05, 4.69) is 27.3 Å². The third kappa shape index (κ3) is 2.49. The molecule has 0 saturated carbocycles. The fourth-order valence-corrected chi connectivity index (χ4v) is 1.76. The van der Waals surface area contributed by atoms with Gasteiger partial charge in [0.15, 0.2) is 0 Å². The summed E-state index contributed by atoms with van der Waals surface area (Å²) in [5.74, 6) is 1.02. The third-order valence-electron chi connectivity index (χ3n) is 2.67. The third-order valence-corrected chi connectivity index (χ3v) is 2.67. The van der Waals surface area contributed by atoms with Crippen molar-refractivity contribution in [3.63, 3.8) is 0 Å². The summed E-state index contributed by atoms with van der Waals surface area (Å²) in [5.41, 5.74) is 1.19. The fourth-order valence-electron chi connectivity index (χ4n) is 1.76. The lowest BCUT2D eigenvalue weighted by molar-refractivity contribution is 0.529. The van der Waals surface area contributed by atoms with Crippen LogP contribution < -0.4 is 5.32 Å². The van der Waals surface area contributed by atoms with E-state index < -0.39 is 0 Å². The van der Waals surface area contributed by atoms with Crippen molar-refractivity contribution in [2.45, 2.75) is 19.4 Å². The van der Waals surface area contributed by atoms with Crippen LogP contribution in [0.1, 0.15) is 24.5 Å². The molecular weight excluding hydrogens is 202 g/mol. The minimum Gasteiger partial charge on any atom is -0.349 e. The Morgan fingerprint density at radius 2 is 2.38 bits per heavy atom. The first kappa shape index (κ1) is 10.9. The molecule has 2 rings (SSSR count). The lowest BCUT2D eigenvalue weighted by atomic mass is 10.2. The predicted molar refractivity (Wildman–Crippen MR) is 61.9 cm³/mol. The van der Waals surface area contributed by atoms with Gasteiger partial charge in [0.25, 0.3) is 0 Å². The maximum absolute atomic E-state index is 4.18. The molecule has 1 atom stereocenters. The van der Waals surface area contributed by atoms with Crippen molar-refractivity contribution in [3.8, 4) is 0 Å². The molecule has 5 nitrogen and oxygen atoms in total. The van der Waals surface area contributed by atoms with Gasteiger partial charge in [0.2, 0.25) is 0 Å². The summed E-state index contributed by atoms with van der Waals surface area (Å²) in [6, 6.07) is 2.34. The molecule has 86 valence electrons. The van der Waals surface area contributed by atoms with E-state index in [1.54, 1.807) is 6.20 Å². The number of H-pyrrole nitrogens is 1. The molecule has 0 aromatic carbocycles. The molecular formula is C11H17N5. The van der Waals surface area contributed by atoms with Crippen molar-refractivity contribution in [2.24, 2.45) is 7.05 Å². The zero-order valence-electron chi connectivity index (χ0n) is 9.64. The number of nitrogens with one attached hydrogen (secondary N) is 2. The van der Waals surface area contributed by atoms with Crippen LogP contribution in [-0.4, -0.2) is 26.3 Å². The van der Waals surface area contributed by atoms with Crippen molar-refractivity contribution in [1.29, 1.82) is 0 Å². The molecule has 0 radical (unpaired) electrons. The highest BCUT2D eigenvalue weighted by atomic mass is 15.3. The number of hydrogen-bond donors (Lipinski definition) is 2. The summed E-state index contributed by atoms with van der Waals surface area (Å²) in [5, 5.41) is 7.60. The van der Waals surface area contributed by atoms with Crippen molar-refractivity contribution >= 4 is 0 Å². The summed E-state index contributed by atoms with van der Waals surface area (Å²) >= 11 is 0. The maximum atomic E-state index is 4.18. The summed E-state index contributed by atoms with van der Waals surface area (Å²) in [7, 11) is 1.96. The Morgan fingerprint density at radius 1 is 1.50 bits per heavy atom. The molecule has 0 aliphatic carbocycles. The van der Waals surface area contributed by atoms with Crippen LogP contribution in [0.2, 0.25) is 0 Å². The van der Waals surface area contributed by atoms with Crippen LogP contribution >= 0.6 is 0 Å². The molecule has 0 bridgehead atoms. The van der Waals surface area contributed by atoms with E-state index in [-0.39, 0.29) is 0 Å². The Kier molecular flexibility index (Phi) is 3.36. The van der Waals surface area contributed by atoms with Crippen molar-refractivity contribution in [2.75, 3.05) is 6.54 Å². The number of aryl methyl sites for hydroxylation is 1. The van der Waals surface area contributed by atoms with E-state index in [9.17, 15) is 0 Å². The number of rotatable bonds is 5. The van der Waals surface area contributed by atoms with Gasteiger partial charge in [-0.2, -0.15) is 5.10 Å². The Hall–Kier alpha value is -1.62. The normalized spacial score (nSPS) is 12.9. The Balaban J connectivity index is 1.80. The molecule has 2 aromatic heterocycles. The molecule has 0 spiro atoms. The van der Waals surface area contributed by atoms with Crippen LogP contribution in [0.5, 0.6) is 0 Å². The van der Waals surface area contributed by atoms with E-state index in [0.29, 0.717) is 6.04 Å². The second-order valence-electron chi connectivity index (χ2n) is 3.84. The standard InChI is InChI=1S/C11H17N5/c1-9(10-3-6-15-16(10)2)12-5-4-11-13-7-8-14-11/h3,6-9,12H,4-5H2,1-2H3,(H,13,14). The highest BCUT2D eigenvalue weighted by Crippen LogP contribution is 2.09. The lowest BCUT2D eigenvalue weighted by Gasteiger charge is -2.13. The molecule has 16 heavy (non-hydrogen) atoms. The molecule has 2 aromatic rings. The minimum atomic E-state index is 0.308. The average molecular weight is 219 g/mol. The molecule has 2 heterocycles. The fraction of sp³-hybridized carbons (Fsp3) is 0.455. The Bertz CT molecular complexity index is 417.